The zero-order chi connectivity index (χ0) is 14.8. The lowest BCUT2D eigenvalue weighted by molar-refractivity contribution is -0.138. The zero-order valence-corrected chi connectivity index (χ0v) is 11.7. The molecule has 1 aromatic carbocycles. The van der Waals surface area contributed by atoms with E-state index in [0.717, 1.165) is 23.1 Å². The molecule has 1 unspecified atom stereocenters. The Balaban J connectivity index is 1.79. The molecule has 0 saturated carbocycles. The SMILES string of the molecule is CCCN1C(=O)CC(Nc2ccc3nccnc3c2)C1=O. The molecular formula is C15H16N4O2. The topological polar surface area (TPSA) is 75.2 Å². The van der Waals surface area contributed by atoms with Crippen LogP contribution in [0.2, 0.25) is 0 Å². The van der Waals surface area contributed by atoms with Crippen molar-refractivity contribution in [2.45, 2.75) is 25.8 Å². The zero-order valence-electron chi connectivity index (χ0n) is 11.7. The van der Waals surface area contributed by atoms with Crippen LogP contribution in [0.5, 0.6) is 0 Å². The Hall–Kier alpha value is -2.50. The molecule has 6 heteroatoms. The van der Waals surface area contributed by atoms with Crippen molar-refractivity contribution in [3.8, 4) is 0 Å². The molecule has 1 fully saturated rings. The minimum Gasteiger partial charge on any atom is -0.373 e. The van der Waals surface area contributed by atoms with Gasteiger partial charge in [-0.3, -0.25) is 24.5 Å². The van der Waals surface area contributed by atoms with E-state index in [1.807, 2.05) is 25.1 Å². The van der Waals surface area contributed by atoms with Crippen LogP contribution in [-0.2, 0) is 9.59 Å². The summed E-state index contributed by atoms with van der Waals surface area (Å²) in [6.07, 6.45) is 4.24. The highest BCUT2D eigenvalue weighted by Crippen LogP contribution is 2.21. The second-order valence-corrected chi connectivity index (χ2v) is 5.04. The minimum atomic E-state index is -0.488. The lowest BCUT2D eigenvalue weighted by Crippen LogP contribution is -2.35. The number of benzene rings is 1. The predicted molar refractivity (Wildman–Crippen MR) is 78.6 cm³/mol. The van der Waals surface area contributed by atoms with E-state index in [2.05, 4.69) is 15.3 Å². The average Bonchev–Trinajstić information content (AvgIpc) is 2.75. The van der Waals surface area contributed by atoms with Gasteiger partial charge in [0.05, 0.1) is 17.5 Å². The molecule has 1 aliphatic rings. The number of carbonyl (C=O) groups excluding carboxylic acids is 2. The molecule has 0 spiro atoms. The molecule has 1 aliphatic heterocycles. The van der Waals surface area contributed by atoms with Crippen LogP contribution in [0.15, 0.2) is 30.6 Å². The third-order valence-electron chi connectivity index (χ3n) is 3.50. The second-order valence-electron chi connectivity index (χ2n) is 5.04. The van der Waals surface area contributed by atoms with E-state index in [1.54, 1.807) is 12.4 Å². The number of rotatable bonds is 4. The number of nitrogens with zero attached hydrogens (tertiary/aromatic N) is 3. The summed E-state index contributed by atoms with van der Waals surface area (Å²) in [7, 11) is 0. The summed E-state index contributed by atoms with van der Waals surface area (Å²) < 4.78 is 0. The first kappa shape index (κ1) is 13.5. The quantitative estimate of drug-likeness (QED) is 0.863. The molecule has 21 heavy (non-hydrogen) atoms. The van der Waals surface area contributed by atoms with Gasteiger partial charge in [0.2, 0.25) is 5.91 Å². The van der Waals surface area contributed by atoms with Crippen LogP contribution in [0.25, 0.3) is 11.0 Å². The van der Waals surface area contributed by atoms with E-state index < -0.39 is 6.04 Å². The average molecular weight is 284 g/mol. The summed E-state index contributed by atoms with van der Waals surface area (Å²) in [5.74, 6) is -0.263. The fraction of sp³-hybridized carbons (Fsp3) is 0.333. The van der Waals surface area contributed by atoms with Crippen molar-refractivity contribution in [2.75, 3.05) is 11.9 Å². The lowest BCUT2D eigenvalue weighted by atomic mass is 10.2. The maximum atomic E-state index is 12.2. The van der Waals surface area contributed by atoms with Crippen LogP contribution in [-0.4, -0.2) is 39.3 Å². The van der Waals surface area contributed by atoms with Gasteiger partial charge < -0.3 is 5.32 Å². The van der Waals surface area contributed by atoms with Crippen molar-refractivity contribution in [1.29, 1.82) is 0 Å². The molecule has 1 aromatic heterocycles. The van der Waals surface area contributed by atoms with Gasteiger partial charge in [-0.2, -0.15) is 0 Å². The largest absolute Gasteiger partial charge is 0.373 e. The molecule has 1 saturated heterocycles. The molecule has 2 amide bonds. The standard InChI is InChI=1S/C15H16N4O2/c1-2-7-19-14(20)9-13(15(19)21)18-10-3-4-11-12(8-10)17-6-5-16-11/h3-6,8,13,18H,2,7,9H2,1H3. The van der Waals surface area contributed by atoms with Gasteiger partial charge in [-0.15, -0.1) is 0 Å². The fourth-order valence-corrected chi connectivity index (χ4v) is 2.51. The number of hydrogen-bond acceptors (Lipinski definition) is 5. The van der Waals surface area contributed by atoms with Gasteiger partial charge >= 0.3 is 0 Å². The number of nitrogens with one attached hydrogen (secondary N) is 1. The fourth-order valence-electron chi connectivity index (χ4n) is 2.51. The van der Waals surface area contributed by atoms with Crippen molar-refractivity contribution in [3.05, 3.63) is 30.6 Å². The van der Waals surface area contributed by atoms with Crippen molar-refractivity contribution in [3.63, 3.8) is 0 Å². The number of imide groups is 1. The number of anilines is 1. The molecule has 1 N–H and O–H groups in total. The van der Waals surface area contributed by atoms with E-state index in [9.17, 15) is 9.59 Å². The molecule has 0 radical (unpaired) electrons. The summed E-state index contributed by atoms with van der Waals surface area (Å²) in [5.41, 5.74) is 2.32. The summed E-state index contributed by atoms with van der Waals surface area (Å²) in [6, 6.07) is 5.04. The van der Waals surface area contributed by atoms with E-state index >= 15 is 0 Å². The van der Waals surface area contributed by atoms with Crippen LogP contribution >= 0.6 is 0 Å². The van der Waals surface area contributed by atoms with Crippen molar-refractivity contribution < 1.29 is 9.59 Å². The highest BCUT2D eigenvalue weighted by Gasteiger charge is 2.37. The van der Waals surface area contributed by atoms with E-state index in [0.29, 0.717) is 6.54 Å². The first-order valence-electron chi connectivity index (χ1n) is 7.00. The van der Waals surface area contributed by atoms with Gasteiger partial charge in [0.1, 0.15) is 6.04 Å². The van der Waals surface area contributed by atoms with Gasteiger partial charge in [0, 0.05) is 24.6 Å². The molecule has 2 aromatic rings. The van der Waals surface area contributed by atoms with Crippen molar-refractivity contribution in [1.82, 2.24) is 14.9 Å². The first-order valence-corrected chi connectivity index (χ1v) is 7.00. The third kappa shape index (κ3) is 2.56. The Morgan fingerprint density at radius 1 is 1.24 bits per heavy atom. The van der Waals surface area contributed by atoms with Gasteiger partial charge in [0.15, 0.2) is 0 Å². The van der Waals surface area contributed by atoms with Gasteiger partial charge in [-0.25, -0.2) is 0 Å². The maximum Gasteiger partial charge on any atom is 0.252 e. The Morgan fingerprint density at radius 3 is 2.76 bits per heavy atom. The summed E-state index contributed by atoms with van der Waals surface area (Å²) in [5, 5.41) is 3.12. The lowest BCUT2D eigenvalue weighted by Gasteiger charge is -2.15. The predicted octanol–water partition coefficient (Wildman–Crippen LogP) is 1.58. The number of hydrogen-bond donors (Lipinski definition) is 1. The van der Waals surface area contributed by atoms with Crippen LogP contribution in [0.4, 0.5) is 5.69 Å². The molecule has 0 bridgehead atoms. The van der Waals surface area contributed by atoms with Gasteiger partial charge in [0.25, 0.3) is 5.91 Å². The third-order valence-corrected chi connectivity index (χ3v) is 3.50. The van der Waals surface area contributed by atoms with Crippen molar-refractivity contribution >= 4 is 28.5 Å². The highest BCUT2D eigenvalue weighted by atomic mass is 16.2. The monoisotopic (exact) mass is 284 g/mol. The van der Waals surface area contributed by atoms with E-state index in [-0.39, 0.29) is 18.2 Å². The van der Waals surface area contributed by atoms with Crippen LogP contribution < -0.4 is 5.32 Å². The van der Waals surface area contributed by atoms with E-state index in [1.165, 1.54) is 4.90 Å². The summed E-state index contributed by atoms with van der Waals surface area (Å²) >= 11 is 0. The number of carbonyl (C=O) groups is 2. The van der Waals surface area contributed by atoms with Crippen LogP contribution in [0.3, 0.4) is 0 Å². The highest BCUT2D eigenvalue weighted by molar-refractivity contribution is 6.06. The first-order chi connectivity index (χ1) is 10.2. The molecule has 0 aliphatic carbocycles. The number of fused-ring (bicyclic) bond motifs is 1. The van der Waals surface area contributed by atoms with Crippen LogP contribution in [0.1, 0.15) is 19.8 Å². The van der Waals surface area contributed by atoms with Gasteiger partial charge in [-0.05, 0) is 24.6 Å². The molecule has 3 rings (SSSR count). The molecule has 108 valence electrons. The van der Waals surface area contributed by atoms with Gasteiger partial charge in [-0.1, -0.05) is 6.92 Å². The van der Waals surface area contributed by atoms with E-state index in [4.69, 9.17) is 0 Å². The molecule has 6 nitrogen and oxygen atoms in total. The minimum absolute atomic E-state index is 0.111. The Bertz CT molecular complexity index is 701. The molecule has 2 heterocycles. The normalized spacial score (nSPS) is 18.5. The molecule has 1 atom stereocenters. The number of likely N-dealkylation sites (tertiary alicyclic amines) is 1. The Morgan fingerprint density at radius 2 is 2.00 bits per heavy atom. The van der Waals surface area contributed by atoms with Crippen LogP contribution in [0, 0.1) is 0 Å². The maximum absolute atomic E-state index is 12.2. The van der Waals surface area contributed by atoms with Crippen molar-refractivity contribution in [2.24, 2.45) is 0 Å². The smallest absolute Gasteiger partial charge is 0.252 e. The Kier molecular flexibility index (Phi) is 3.51. The Labute approximate surface area is 122 Å². The number of amides is 2. The summed E-state index contributed by atoms with van der Waals surface area (Å²) in [6.45, 7) is 2.43. The second kappa shape index (κ2) is 5.47. The summed E-state index contributed by atoms with van der Waals surface area (Å²) in [4.78, 5) is 33.8. The number of aromatic nitrogens is 2. The molecular weight excluding hydrogens is 268 g/mol.